The third-order valence-corrected chi connectivity index (χ3v) is 12.2. The van der Waals surface area contributed by atoms with Crippen LogP contribution < -0.4 is 4.74 Å². The first kappa shape index (κ1) is 32.9. The van der Waals surface area contributed by atoms with Crippen LogP contribution in [-0.4, -0.2) is 56.9 Å². The van der Waals surface area contributed by atoms with Gasteiger partial charge in [-0.1, -0.05) is 62.4 Å². The minimum absolute atomic E-state index is 0.199. The number of aryl methyl sites for hydroxylation is 1. The van der Waals surface area contributed by atoms with Gasteiger partial charge in [0.15, 0.2) is 11.0 Å². The Balaban J connectivity index is 1.49. The lowest BCUT2D eigenvalue weighted by molar-refractivity contribution is 0.339. The number of fused-ring (bicyclic) bond motifs is 2. The van der Waals surface area contributed by atoms with Crippen molar-refractivity contribution < 1.29 is 13.2 Å². The number of benzene rings is 3. The Hall–Kier alpha value is -4.62. The van der Waals surface area contributed by atoms with Crippen LogP contribution in [0.25, 0.3) is 49.6 Å². The molecule has 0 aliphatic heterocycles. The monoisotopic (exact) mass is 706 g/mol. The number of rotatable bonds is 11. The predicted octanol–water partition coefficient (Wildman–Crippen LogP) is 8.65. The van der Waals surface area contributed by atoms with Crippen LogP contribution in [0.2, 0.25) is 0 Å². The van der Waals surface area contributed by atoms with E-state index < -0.39 is 10.0 Å². The van der Waals surface area contributed by atoms with E-state index in [2.05, 4.69) is 24.0 Å². The van der Waals surface area contributed by atoms with Crippen molar-refractivity contribution in [3.8, 4) is 34.1 Å². The van der Waals surface area contributed by atoms with E-state index in [-0.39, 0.29) is 4.90 Å². The number of hydrogen-bond donors (Lipinski definition) is 0. The van der Waals surface area contributed by atoms with Gasteiger partial charge in [-0.15, -0.1) is 11.3 Å². The molecule has 7 rings (SSSR count). The lowest BCUT2D eigenvalue weighted by atomic mass is 10.0. The molecule has 0 aliphatic rings. The number of thiophene rings is 1. The first-order valence-corrected chi connectivity index (χ1v) is 19.1. The molecular formula is C37H34N6O3S3. The quantitative estimate of drug-likeness (QED) is 0.123. The number of aromatic nitrogens is 5. The molecule has 4 aromatic heterocycles. The van der Waals surface area contributed by atoms with Crippen LogP contribution in [0.4, 0.5) is 0 Å². The molecule has 0 N–H and O–H groups in total. The molecule has 0 unspecified atom stereocenters. The van der Waals surface area contributed by atoms with Crippen LogP contribution in [0, 0.1) is 6.92 Å². The van der Waals surface area contributed by atoms with Crippen molar-refractivity contribution in [2.75, 3.05) is 19.7 Å². The molecule has 0 aliphatic carbocycles. The van der Waals surface area contributed by atoms with Crippen LogP contribution >= 0.6 is 23.1 Å². The zero-order chi connectivity index (χ0) is 34.1. The maximum atomic E-state index is 13.6. The van der Waals surface area contributed by atoms with Crippen LogP contribution in [-0.2, 0) is 10.0 Å². The summed E-state index contributed by atoms with van der Waals surface area (Å²) in [5.41, 5.74) is 4.88. The maximum absolute atomic E-state index is 13.6. The van der Waals surface area contributed by atoms with Gasteiger partial charge in [0.1, 0.15) is 21.3 Å². The molecule has 4 heterocycles. The summed E-state index contributed by atoms with van der Waals surface area (Å²) in [6.45, 7) is 8.96. The van der Waals surface area contributed by atoms with Crippen molar-refractivity contribution in [1.82, 2.24) is 28.8 Å². The largest absolute Gasteiger partial charge is 0.492 e. The van der Waals surface area contributed by atoms with Crippen molar-refractivity contribution in [3.63, 3.8) is 0 Å². The van der Waals surface area contributed by atoms with Crippen LogP contribution in [0.3, 0.4) is 0 Å². The van der Waals surface area contributed by atoms with Gasteiger partial charge in [-0.3, -0.25) is 9.55 Å². The highest BCUT2D eigenvalue weighted by atomic mass is 32.2. The zero-order valence-electron chi connectivity index (χ0n) is 27.5. The smallest absolute Gasteiger partial charge is 0.243 e. The SMILES string of the molecule is CCOc1ccccc1-n1c(Sc2nc(-c3ccccn3)nc3sc(C)c(-c4ccccc4)c23)nc2cc(S(=O)(=O)N(CC)CC)ccc21. The molecule has 9 nitrogen and oxygen atoms in total. The number of nitrogens with zero attached hydrogens (tertiary/aromatic N) is 6. The summed E-state index contributed by atoms with van der Waals surface area (Å²) >= 11 is 3.04. The molecule has 49 heavy (non-hydrogen) atoms. The summed E-state index contributed by atoms with van der Waals surface area (Å²) in [6.07, 6.45) is 1.73. The molecule has 0 atom stereocenters. The predicted molar refractivity (Wildman–Crippen MR) is 197 cm³/mol. The highest BCUT2D eigenvalue weighted by Crippen LogP contribution is 2.45. The molecule has 248 valence electrons. The molecular weight excluding hydrogens is 673 g/mol. The molecule has 0 fully saturated rings. The van der Waals surface area contributed by atoms with Crippen molar-refractivity contribution in [3.05, 3.63) is 102 Å². The Bertz CT molecular complexity index is 2390. The van der Waals surface area contributed by atoms with E-state index in [4.69, 9.17) is 19.7 Å². The molecule has 0 amide bonds. The molecule has 7 aromatic rings. The second-order valence-electron chi connectivity index (χ2n) is 11.1. The van der Waals surface area contributed by atoms with E-state index in [1.165, 1.54) is 16.1 Å². The van der Waals surface area contributed by atoms with Gasteiger partial charge < -0.3 is 4.74 Å². The fraction of sp³-hybridized carbons (Fsp3) is 0.189. The summed E-state index contributed by atoms with van der Waals surface area (Å²) in [4.78, 5) is 22.0. The number of imidazole rings is 1. The molecule has 0 bridgehead atoms. The molecule has 0 saturated heterocycles. The van der Waals surface area contributed by atoms with E-state index in [9.17, 15) is 8.42 Å². The Labute approximate surface area is 293 Å². The third kappa shape index (κ3) is 6.10. The number of ether oxygens (including phenoxy) is 1. The first-order valence-electron chi connectivity index (χ1n) is 16.0. The lowest BCUT2D eigenvalue weighted by Crippen LogP contribution is -2.30. The summed E-state index contributed by atoms with van der Waals surface area (Å²) in [6, 6.07) is 28.9. The summed E-state index contributed by atoms with van der Waals surface area (Å²) in [5.74, 6) is 1.20. The van der Waals surface area contributed by atoms with Crippen LogP contribution in [0.5, 0.6) is 5.75 Å². The van der Waals surface area contributed by atoms with Gasteiger partial charge in [-0.05, 0) is 73.6 Å². The maximum Gasteiger partial charge on any atom is 0.243 e. The lowest BCUT2D eigenvalue weighted by Gasteiger charge is -2.18. The van der Waals surface area contributed by atoms with Gasteiger partial charge in [0.25, 0.3) is 0 Å². The number of hydrogen-bond acceptors (Lipinski definition) is 9. The zero-order valence-corrected chi connectivity index (χ0v) is 29.9. The fourth-order valence-electron chi connectivity index (χ4n) is 5.93. The van der Waals surface area contributed by atoms with Crippen molar-refractivity contribution in [1.29, 1.82) is 0 Å². The average molecular weight is 707 g/mol. The van der Waals surface area contributed by atoms with Gasteiger partial charge in [-0.25, -0.2) is 23.4 Å². The Kier molecular flexibility index (Phi) is 9.21. The van der Waals surface area contributed by atoms with Gasteiger partial charge in [0, 0.05) is 29.7 Å². The number of sulfonamides is 1. The Morgan fingerprint density at radius 2 is 1.63 bits per heavy atom. The average Bonchev–Trinajstić information content (AvgIpc) is 3.65. The molecule has 0 saturated carbocycles. The van der Waals surface area contributed by atoms with E-state index in [0.717, 1.165) is 42.5 Å². The topological polar surface area (TPSA) is 103 Å². The summed E-state index contributed by atoms with van der Waals surface area (Å²) in [7, 11) is -3.71. The van der Waals surface area contributed by atoms with E-state index in [1.54, 1.807) is 29.7 Å². The standard InChI is InChI=1S/C37H34N6O3S3/c1-5-42(6-2)49(44,45)26-20-21-29-28(23-26)39-37(43(29)30-18-11-12-19-31(30)46-7-3)48-36-33-32(25-15-9-8-10-16-25)24(4)47-35(33)40-34(41-36)27-17-13-14-22-38-27/h8-23H,5-7H2,1-4H3. The van der Waals surface area contributed by atoms with Crippen molar-refractivity contribution in [2.24, 2.45) is 0 Å². The van der Waals surface area contributed by atoms with Crippen LogP contribution in [0.1, 0.15) is 25.6 Å². The van der Waals surface area contributed by atoms with Gasteiger partial charge in [-0.2, -0.15) is 4.31 Å². The molecule has 3 aromatic carbocycles. The highest BCUT2D eigenvalue weighted by molar-refractivity contribution is 7.99. The van der Waals surface area contributed by atoms with Crippen molar-refractivity contribution >= 4 is 54.4 Å². The third-order valence-electron chi connectivity index (χ3n) is 8.18. The fourth-order valence-corrected chi connectivity index (χ4v) is 9.56. The minimum atomic E-state index is -3.71. The van der Waals surface area contributed by atoms with Gasteiger partial charge >= 0.3 is 0 Å². The number of para-hydroxylation sites is 2. The Morgan fingerprint density at radius 3 is 2.37 bits per heavy atom. The van der Waals surface area contributed by atoms with Crippen LogP contribution in [0.15, 0.2) is 112 Å². The summed E-state index contributed by atoms with van der Waals surface area (Å²) in [5, 5.41) is 2.25. The second kappa shape index (κ2) is 13.7. The second-order valence-corrected chi connectivity index (χ2v) is 15.2. The van der Waals surface area contributed by atoms with E-state index in [0.29, 0.717) is 47.6 Å². The molecule has 0 radical (unpaired) electrons. The highest BCUT2D eigenvalue weighted by Gasteiger charge is 2.26. The number of pyridine rings is 1. The summed E-state index contributed by atoms with van der Waals surface area (Å²) < 4.78 is 36.7. The van der Waals surface area contributed by atoms with E-state index in [1.807, 2.05) is 92.1 Å². The van der Waals surface area contributed by atoms with E-state index >= 15 is 0 Å². The normalized spacial score (nSPS) is 11.9. The van der Waals surface area contributed by atoms with Crippen molar-refractivity contribution in [2.45, 2.75) is 42.8 Å². The van der Waals surface area contributed by atoms with Gasteiger partial charge in [0.05, 0.1) is 33.6 Å². The molecule has 12 heteroatoms. The first-order chi connectivity index (χ1) is 23.8. The molecule has 0 spiro atoms. The van der Waals surface area contributed by atoms with Gasteiger partial charge in [0.2, 0.25) is 10.0 Å². The minimum Gasteiger partial charge on any atom is -0.492 e. The Morgan fingerprint density at radius 1 is 0.878 bits per heavy atom.